The smallest absolute Gasteiger partial charge is 0.128 e. The second-order valence-corrected chi connectivity index (χ2v) is 4.73. The maximum absolute atomic E-state index is 9.36. The summed E-state index contributed by atoms with van der Waals surface area (Å²) in [6.45, 7) is 1.97. The number of hydrogen-bond donors (Lipinski definition) is 0. The number of halogens is 1. The van der Waals surface area contributed by atoms with Gasteiger partial charge in [0.15, 0.2) is 0 Å². The monoisotopic (exact) mass is 235 g/mol. The Labute approximate surface area is 101 Å². The van der Waals surface area contributed by atoms with Crippen LogP contribution in [-0.2, 0) is 5.41 Å². The lowest BCUT2D eigenvalue weighted by atomic mass is 9.65. The lowest BCUT2D eigenvalue weighted by Crippen LogP contribution is -2.33. The number of rotatable bonds is 2. The van der Waals surface area contributed by atoms with Gasteiger partial charge in [0, 0.05) is 10.6 Å². The fraction of sp³-hybridized carbons (Fsp3) is 0.462. The van der Waals surface area contributed by atoms with E-state index in [4.69, 9.17) is 16.3 Å². The van der Waals surface area contributed by atoms with Gasteiger partial charge in [0.2, 0.25) is 0 Å². The summed E-state index contributed by atoms with van der Waals surface area (Å²) in [5, 5.41) is 10.0. The minimum Gasteiger partial charge on any atom is -0.496 e. The van der Waals surface area contributed by atoms with Crippen LogP contribution in [0.15, 0.2) is 12.1 Å². The van der Waals surface area contributed by atoms with Crippen LogP contribution in [0.3, 0.4) is 0 Å². The molecule has 0 spiro atoms. The summed E-state index contributed by atoms with van der Waals surface area (Å²) in [7, 11) is 1.63. The SMILES string of the molecule is COc1c(C)ccc(Cl)c1C1(C#N)CCC1. The summed E-state index contributed by atoms with van der Waals surface area (Å²) < 4.78 is 5.41. The zero-order chi connectivity index (χ0) is 11.8. The molecule has 16 heavy (non-hydrogen) atoms. The molecule has 1 aromatic carbocycles. The van der Waals surface area contributed by atoms with Crippen molar-refractivity contribution in [2.24, 2.45) is 0 Å². The van der Waals surface area contributed by atoms with Crippen molar-refractivity contribution in [1.82, 2.24) is 0 Å². The van der Waals surface area contributed by atoms with Crippen molar-refractivity contribution in [1.29, 1.82) is 5.26 Å². The van der Waals surface area contributed by atoms with E-state index < -0.39 is 5.41 Å². The number of hydrogen-bond acceptors (Lipinski definition) is 2. The molecule has 2 nitrogen and oxygen atoms in total. The molecule has 1 aromatic rings. The number of methoxy groups -OCH3 is 1. The van der Waals surface area contributed by atoms with Crippen LogP contribution in [0, 0.1) is 18.3 Å². The van der Waals surface area contributed by atoms with Crippen LogP contribution in [-0.4, -0.2) is 7.11 Å². The molecule has 0 aliphatic heterocycles. The standard InChI is InChI=1S/C13H14ClNO/c1-9-4-5-10(14)11(12(9)16-2)13(8-15)6-3-7-13/h4-5H,3,6-7H2,1-2H3. The molecule has 0 unspecified atom stereocenters. The maximum Gasteiger partial charge on any atom is 0.128 e. The predicted octanol–water partition coefficient (Wildman–Crippen LogP) is 3.60. The van der Waals surface area contributed by atoms with Gasteiger partial charge in [0.1, 0.15) is 5.75 Å². The molecule has 84 valence electrons. The molecule has 1 aliphatic rings. The van der Waals surface area contributed by atoms with E-state index in [9.17, 15) is 5.26 Å². The van der Waals surface area contributed by atoms with Crippen molar-refractivity contribution in [2.75, 3.05) is 7.11 Å². The molecule has 3 heteroatoms. The van der Waals surface area contributed by atoms with Crippen LogP contribution in [0.2, 0.25) is 5.02 Å². The Morgan fingerprint density at radius 1 is 1.44 bits per heavy atom. The minimum atomic E-state index is -0.422. The first-order valence-corrected chi connectivity index (χ1v) is 5.77. The molecule has 0 amide bonds. The maximum atomic E-state index is 9.36. The number of benzene rings is 1. The van der Waals surface area contributed by atoms with Gasteiger partial charge in [-0.15, -0.1) is 0 Å². The van der Waals surface area contributed by atoms with Crippen LogP contribution in [0.1, 0.15) is 30.4 Å². The van der Waals surface area contributed by atoms with Gasteiger partial charge in [-0.05, 0) is 37.8 Å². The Bertz CT molecular complexity index is 458. The van der Waals surface area contributed by atoms with Gasteiger partial charge in [-0.25, -0.2) is 0 Å². The third-order valence-electron chi connectivity index (χ3n) is 3.41. The zero-order valence-electron chi connectivity index (χ0n) is 9.51. The summed E-state index contributed by atoms with van der Waals surface area (Å²) in [6.07, 6.45) is 2.84. The molecule has 0 heterocycles. The molecule has 0 atom stereocenters. The highest BCUT2D eigenvalue weighted by molar-refractivity contribution is 6.31. The number of ether oxygens (including phenoxy) is 1. The highest BCUT2D eigenvalue weighted by atomic mass is 35.5. The Morgan fingerprint density at radius 2 is 2.12 bits per heavy atom. The van der Waals surface area contributed by atoms with Gasteiger partial charge in [-0.1, -0.05) is 17.7 Å². The van der Waals surface area contributed by atoms with Gasteiger partial charge in [0.25, 0.3) is 0 Å². The molecule has 0 radical (unpaired) electrons. The molecule has 1 saturated carbocycles. The number of nitriles is 1. The first-order valence-electron chi connectivity index (χ1n) is 5.39. The first-order chi connectivity index (χ1) is 7.64. The molecule has 1 fully saturated rings. The van der Waals surface area contributed by atoms with Gasteiger partial charge >= 0.3 is 0 Å². The third kappa shape index (κ3) is 1.47. The number of nitrogens with zero attached hydrogens (tertiary/aromatic N) is 1. The Hall–Kier alpha value is -1.20. The second kappa shape index (κ2) is 3.99. The molecule has 2 rings (SSSR count). The molecular weight excluding hydrogens is 222 g/mol. The van der Waals surface area contributed by atoms with Crippen LogP contribution in [0.5, 0.6) is 5.75 Å². The molecule has 0 saturated heterocycles. The second-order valence-electron chi connectivity index (χ2n) is 4.32. The van der Waals surface area contributed by atoms with Gasteiger partial charge in [-0.3, -0.25) is 0 Å². The van der Waals surface area contributed by atoms with E-state index in [1.165, 1.54) is 0 Å². The molecule has 0 bridgehead atoms. The fourth-order valence-corrected chi connectivity index (χ4v) is 2.65. The Kier molecular flexibility index (Phi) is 2.82. The van der Waals surface area contributed by atoms with Crippen molar-refractivity contribution in [3.63, 3.8) is 0 Å². The highest BCUT2D eigenvalue weighted by Gasteiger charge is 2.43. The highest BCUT2D eigenvalue weighted by Crippen LogP contribution is 2.50. The minimum absolute atomic E-state index is 0.422. The van der Waals surface area contributed by atoms with Gasteiger partial charge in [0.05, 0.1) is 18.6 Å². The van der Waals surface area contributed by atoms with Crippen molar-refractivity contribution in [2.45, 2.75) is 31.6 Å². The van der Waals surface area contributed by atoms with Gasteiger partial charge in [-0.2, -0.15) is 5.26 Å². The van der Waals surface area contributed by atoms with Crippen molar-refractivity contribution in [3.8, 4) is 11.8 Å². The van der Waals surface area contributed by atoms with Crippen molar-refractivity contribution < 1.29 is 4.74 Å². The Balaban J connectivity index is 2.63. The lowest BCUT2D eigenvalue weighted by molar-refractivity contribution is 0.306. The van der Waals surface area contributed by atoms with E-state index in [1.807, 2.05) is 19.1 Å². The van der Waals surface area contributed by atoms with E-state index in [1.54, 1.807) is 7.11 Å². The average molecular weight is 236 g/mol. The van der Waals surface area contributed by atoms with Crippen molar-refractivity contribution >= 4 is 11.6 Å². The molecule has 1 aliphatic carbocycles. The van der Waals surface area contributed by atoms with Crippen LogP contribution >= 0.6 is 11.6 Å². The first kappa shape index (κ1) is 11.3. The fourth-order valence-electron chi connectivity index (χ4n) is 2.32. The van der Waals surface area contributed by atoms with Crippen molar-refractivity contribution in [3.05, 3.63) is 28.3 Å². The van der Waals surface area contributed by atoms with E-state index in [0.29, 0.717) is 5.02 Å². The van der Waals surface area contributed by atoms with E-state index in [-0.39, 0.29) is 0 Å². The van der Waals surface area contributed by atoms with E-state index in [2.05, 4.69) is 6.07 Å². The topological polar surface area (TPSA) is 33.0 Å². The summed E-state index contributed by atoms with van der Waals surface area (Å²) in [6, 6.07) is 6.19. The number of aryl methyl sites for hydroxylation is 1. The molecule has 0 aromatic heterocycles. The summed E-state index contributed by atoms with van der Waals surface area (Å²) in [5.74, 6) is 0.772. The zero-order valence-corrected chi connectivity index (χ0v) is 10.3. The van der Waals surface area contributed by atoms with Crippen LogP contribution in [0.4, 0.5) is 0 Å². The third-order valence-corrected chi connectivity index (χ3v) is 3.72. The molecular formula is C13H14ClNO. The van der Waals surface area contributed by atoms with Crippen LogP contribution in [0.25, 0.3) is 0 Å². The van der Waals surface area contributed by atoms with E-state index in [0.717, 1.165) is 36.1 Å². The predicted molar refractivity (Wildman–Crippen MR) is 63.9 cm³/mol. The average Bonchev–Trinajstić information content (AvgIpc) is 2.22. The van der Waals surface area contributed by atoms with Gasteiger partial charge < -0.3 is 4.74 Å². The Morgan fingerprint density at radius 3 is 2.56 bits per heavy atom. The summed E-state index contributed by atoms with van der Waals surface area (Å²) in [5.41, 5.74) is 1.49. The summed E-state index contributed by atoms with van der Waals surface area (Å²) >= 11 is 6.22. The quantitative estimate of drug-likeness (QED) is 0.785. The molecule has 0 N–H and O–H groups in total. The summed E-state index contributed by atoms with van der Waals surface area (Å²) in [4.78, 5) is 0. The lowest BCUT2D eigenvalue weighted by Gasteiger charge is -2.37. The normalized spacial score (nSPS) is 17.4. The largest absolute Gasteiger partial charge is 0.496 e. The van der Waals surface area contributed by atoms with E-state index >= 15 is 0 Å². The van der Waals surface area contributed by atoms with Crippen LogP contribution < -0.4 is 4.74 Å².